The van der Waals surface area contributed by atoms with Crippen LogP contribution in [0, 0.1) is 10.1 Å². The number of hydrogen-bond acceptors (Lipinski definition) is 6. The largest absolute Gasteiger partial charge is 0.497 e. The number of nitrogens with zero attached hydrogens (tertiary/aromatic N) is 2. The molecule has 1 aliphatic heterocycles. The van der Waals surface area contributed by atoms with Gasteiger partial charge in [0.2, 0.25) is 0 Å². The smallest absolute Gasteiger partial charge is 0.271 e. The van der Waals surface area contributed by atoms with E-state index in [-0.39, 0.29) is 11.6 Å². The summed E-state index contributed by atoms with van der Waals surface area (Å²) >= 11 is 6.56. The van der Waals surface area contributed by atoms with E-state index in [0.717, 1.165) is 0 Å². The maximum atomic E-state index is 12.9. The molecule has 0 bridgehead atoms. The van der Waals surface area contributed by atoms with Crippen molar-refractivity contribution >= 4 is 51.2 Å². The molecule has 1 heterocycles. The van der Waals surface area contributed by atoms with Gasteiger partial charge < -0.3 is 4.74 Å². The first kappa shape index (κ1) is 18.1. The van der Waals surface area contributed by atoms with Gasteiger partial charge in [-0.1, -0.05) is 36.1 Å². The van der Waals surface area contributed by atoms with Crippen molar-refractivity contribution in [2.75, 3.05) is 12.0 Å². The Morgan fingerprint density at radius 3 is 2.54 bits per heavy atom. The fourth-order valence-electron chi connectivity index (χ4n) is 2.54. The molecule has 0 N–H and O–H groups in total. The number of carbonyl (C=O) groups excluding carboxylic acids is 1. The van der Waals surface area contributed by atoms with Gasteiger partial charge in [0.05, 0.1) is 22.6 Å². The number of methoxy groups -OCH3 is 1. The predicted molar refractivity (Wildman–Crippen MR) is 106 cm³/mol. The Morgan fingerprint density at radius 2 is 1.92 bits per heavy atom. The average Bonchev–Trinajstić information content (AvgIpc) is 2.95. The van der Waals surface area contributed by atoms with E-state index >= 15 is 0 Å². The van der Waals surface area contributed by atoms with Crippen LogP contribution in [0.25, 0.3) is 5.57 Å². The minimum Gasteiger partial charge on any atom is -0.497 e. The third kappa shape index (κ3) is 3.33. The molecule has 1 saturated heterocycles. The first-order valence-electron chi connectivity index (χ1n) is 7.58. The molecule has 0 saturated carbocycles. The van der Waals surface area contributed by atoms with Crippen molar-refractivity contribution in [3.8, 4) is 5.75 Å². The van der Waals surface area contributed by atoms with E-state index in [2.05, 4.69) is 0 Å². The SMILES string of the molecule is COc1ccc(N2C(=O)/C(=C(/C)c3cccc([N+](=O)[O-])c3)SC2=S)cc1. The van der Waals surface area contributed by atoms with Gasteiger partial charge in [-0.15, -0.1) is 0 Å². The van der Waals surface area contributed by atoms with Crippen LogP contribution in [0.3, 0.4) is 0 Å². The van der Waals surface area contributed by atoms with Crippen LogP contribution in [0.15, 0.2) is 53.4 Å². The Morgan fingerprint density at radius 1 is 1.23 bits per heavy atom. The Labute approximate surface area is 159 Å². The number of non-ortho nitro benzene ring substituents is 1. The lowest BCUT2D eigenvalue weighted by Crippen LogP contribution is -2.27. The third-order valence-electron chi connectivity index (χ3n) is 3.93. The summed E-state index contributed by atoms with van der Waals surface area (Å²) in [7, 11) is 1.57. The number of allylic oxidation sites excluding steroid dienone is 1. The lowest BCUT2D eigenvalue weighted by atomic mass is 10.1. The predicted octanol–water partition coefficient (Wildman–Crippen LogP) is 4.40. The van der Waals surface area contributed by atoms with Crippen LogP contribution < -0.4 is 9.64 Å². The van der Waals surface area contributed by atoms with E-state index in [0.29, 0.717) is 31.8 Å². The molecule has 1 fully saturated rings. The summed E-state index contributed by atoms with van der Waals surface area (Å²) in [6, 6.07) is 13.2. The van der Waals surface area contributed by atoms with E-state index in [1.807, 2.05) is 0 Å². The Balaban J connectivity index is 1.97. The normalized spacial score (nSPS) is 16.0. The zero-order valence-corrected chi connectivity index (χ0v) is 15.6. The second-order valence-corrected chi connectivity index (χ2v) is 7.11. The number of nitro groups is 1. The average molecular weight is 386 g/mol. The van der Waals surface area contributed by atoms with Crippen molar-refractivity contribution < 1.29 is 14.5 Å². The Hall–Kier alpha value is -2.71. The van der Waals surface area contributed by atoms with Crippen LogP contribution in [-0.4, -0.2) is 22.3 Å². The molecule has 6 nitrogen and oxygen atoms in total. The number of hydrogen-bond donors (Lipinski definition) is 0. The first-order chi connectivity index (χ1) is 12.4. The molecule has 0 atom stereocenters. The molecule has 2 aromatic rings. The molecule has 1 amide bonds. The molecule has 0 spiro atoms. The van der Waals surface area contributed by atoms with Gasteiger partial charge in [-0.05, 0) is 42.3 Å². The third-order valence-corrected chi connectivity index (χ3v) is 5.41. The highest BCUT2D eigenvalue weighted by Crippen LogP contribution is 2.39. The van der Waals surface area contributed by atoms with Crippen LogP contribution in [0.1, 0.15) is 12.5 Å². The first-order valence-corrected chi connectivity index (χ1v) is 8.81. The summed E-state index contributed by atoms with van der Waals surface area (Å²) < 4.78 is 5.54. The zero-order chi connectivity index (χ0) is 18.8. The van der Waals surface area contributed by atoms with Gasteiger partial charge in [0.15, 0.2) is 4.32 Å². The van der Waals surface area contributed by atoms with Crippen LogP contribution >= 0.6 is 24.0 Å². The number of thioether (sulfide) groups is 1. The van der Waals surface area contributed by atoms with Gasteiger partial charge in [0, 0.05) is 12.1 Å². The second kappa shape index (κ2) is 7.27. The molecular weight excluding hydrogens is 372 g/mol. The fourth-order valence-corrected chi connectivity index (χ4v) is 3.88. The Kier molecular flexibility index (Phi) is 5.06. The zero-order valence-electron chi connectivity index (χ0n) is 14.0. The summed E-state index contributed by atoms with van der Waals surface area (Å²) in [5.41, 5.74) is 1.90. The summed E-state index contributed by atoms with van der Waals surface area (Å²) in [5.74, 6) is 0.441. The molecule has 0 unspecified atom stereocenters. The van der Waals surface area contributed by atoms with Gasteiger partial charge in [0.25, 0.3) is 11.6 Å². The molecule has 8 heteroatoms. The van der Waals surface area contributed by atoms with Gasteiger partial charge >= 0.3 is 0 Å². The summed E-state index contributed by atoms with van der Waals surface area (Å²) in [6.45, 7) is 1.76. The Bertz CT molecular complexity index is 938. The van der Waals surface area contributed by atoms with Crippen molar-refractivity contribution in [2.24, 2.45) is 0 Å². The van der Waals surface area contributed by atoms with Crippen LogP contribution in [0.5, 0.6) is 5.75 Å². The van der Waals surface area contributed by atoms with Crippen LogP contribution in [0.4, 0.5) is 11.4 Å². The summed E-state index contributed by atoms with van der Waals surface area (Å²) in [6.07, 6.45) is 0. The second-order valence-electron chi connectivity index (χ2n) is 5.47. The lowest BCUT2D eigenvalue weighted by Gasteiger charge is -2.15. The number of anilines is 1. The molecule has 132 valence electrons. The van der Waals surface area contributed by atoms with E-state index in [1.54, 1.807) is 50.4 Å². The summed E-state index contributed by atoms with van der Waals surface area (Å²) in [4.78, 5) is 25.3. The molecule has 3 rings (SSSR count). The maximum Gasteiger partial charge on any atom is 0.271 e. The number of carbonyl (C=O) groups is 1. The van der Waals surface area contributed by atoms with Crippen molar-refractivity contribution in [2.45, 2.75) is 6.92 Å². The highest BCUT2D eigenvalue weighted by molar-refractivity contribution is 8.27. The molecular formula is C18H14N2O4S2. The van der Waals surface area contributed by atoms with Crippen molar-refractivity contribution in [3.63, 3.8) is 0 Å². The van der Waals surface area contributed by atoms with Crippen molar-refractivity contribution in [3.05, 3.63) is 69.1 Å². The number of ether oxygens (including phenoxy) is 1. The van der Waals surface area contributed by atoms with E-state index in [9.17, 15) is 14.9 Å². The van der Waals surface area contributed by atoms with Gasteiger partial charge in [-0.25, -0.2) is 0 Å². The summed E-state index contributed by atoms with van der Waals surface area (Å²) in [5, 5.41) is 11.0. The highest BCUT2D eigenvalue weighted by atomic mass is 32.2. The monoisotopic (exact) mass is 386 g/mol. The number of rotatable bonds is 4. The van der Waals surface area contributed by atoms with Crippen LogP contribution in [0.2, 0.25) is 0 Å². The quantitative estimate of drug-likeness (QED) is 0.336. The number of nitro benzene ring substituents is 1. The number of thiocarbonyl (C=S) groups is 1. The molecule has 0 aliphatic carbocycles. The molecule has 26 heavy (non-hydrogen) atoms. The lowest BCUT2D eigenvalue weighted by molar-refractivity contribution is -0.384. The minimum absolute atomic E-state index is 0.0208. The fraction of sp³-hybridized carbons (Fsp3) is 0.111. The van der Waals surface area contributed by atoms with E-state index in [1.165, 1.54) is 28.8 Å². The number of amides is 1. The molecule has 0 radical (unpaired) electrons. The van der Waals surface area contributed by atoms with E-state index in [4.69, 9.17) is 17.0 Å². The molecule has 2 aromatic carbocycles. The highest BCUT2D eigenvalue weighted by Gasteiger charge is 2.35. The van der Waals surface area contributed by atoms with Crippen molar-refractivity contribution in [1.82, 2.24) is 0 Å². The van der Waals surface area contributed by atoms with Crippen molar-refractivity contribution in [1.29, 1.82) is 0 Å². The topological polar surface area (TPSA) is 72.7 Å². The standard InChI is InChI=1S/C18H14N2O4S2/c1-11(12-4-3-5-14(10-12)20(22)23)16-17(21)19(18(25)26-16)13-6-8-15(24-2)9-7-13/h3-10H,1-2H3/b16-11+. The molecule has 0 aromatic heterocycles. The van der Waals surface area contributed by atoms with Crippen LogP contribution in [-0.2, 0) is 4.79 Å². The van der Waals surface area contributed by atoms with Gasteiger partial charge in [-0.3, -0.25) is 19.8 Å². The van der Waals surface area contributed by atoms with Gasteiger partial charge in [-0.2, -0.15) is 0 Å². The van der Waals surface area contributed by atoms with E-state index < -0.39 is 4.92 Å². The minimum atomic E-state index is -0.459. The number of benzene rings is 2. The molecule has 1 aliphatic rings. The maximum absolute atomic E-state index is 12.9. The van der Waals surface area contributed by atoms with Gasteiger partial charge in [0.1, 0.15) is 5.75 Å².